The van der Waals surface area contributed by atoms with Gasteiger partial charge in [0.15, 0.2) is 6.10 Å². The third-order valence-corrected chi connectivity index (χ3v) is 3.27. The first-order valence-corrected chi connectivity index (χ1v) is 7.06. The van der Waals surface area contributed by atoms with Crippen molar-refractivity contribution in [1.82, 2.24) is 0 Å². The van der Waals surface area contributed by atoms with Gasteiger partial charge in [0.1, 0.15) is 17.4 Å². The van der Waals surface area contributed by atoms with E-state index in [2.05, 4.69) is 5.32 Å². The lowest BCUT2D eigenvalue weighted by atomic mass is 10.2. The molecular formula is C16H14ClF2NO2. The second-order valence-electron chi connectivity index (χ2n) is 4.56. The van der Waals surface area contributed by atoms with E-state index in [1.807, 2.05) is 0 Å². The van der Waals surface area contributed by atoms with E-state index in [0.717, 1.165) is 12.1 Å². The first kappa shape index (κ1) is 16.2. The highest BCUT2D eigenvalue weighted by Crippen LogP contribution is 2.25. The minimum absolute atomic E-state index is 0.104. The Morgan fingerprint density at radius 2 is 2.00 bits per heavy atom. The summed E-state index contributed by atoms with van der Waals surface area (Å²) in [6, 6.07) is 9.67. The summed E-state index contributed by atoms with van der Waals surface area (Å²) in [7, 11) is 0. The zero-order chi connectivity index (χ0) is 16.1. The molecule has 1 amide bonds. The minimum Gasteiger partial charge on any atom is -0.479 e. The van der Waals surface area contributed by atoms with Gasteiger partial charge in [-0.3, -0.25) is 4.79 Å². The molecule has 116 valence electrons. The Balaban J connectivity index is 2.10. The minimum atomic E-state index is -0.846. The lowest BCUT2D eigenvalue weighted by Gasteiger charge is -2.18. The van der Waals surface area contributed by atoms with Crippen molar-refractivity contribution >= 4 is 23.2 Å². The summed E-state index contributed by atoms with van der Waals surface area (Å²) in [5.74, 6) is -1.73. The zero-order valence-electron chi connectivity index (χ0n) is 11.8. The summed E-state index contributed by atoms with van der Waals surface area (Å²) in [6.45, 7) is 1.75. The first-order chi connectivity index (χ1) is 10.5. The standard InChI is InChI=1S/C16H14ClF2NO2/c1-2-14(22-15-6-4-3-5-11(15)17)16(21)20-13-8-7-10(18)9-12(13)19/h3-9,14H,2H2,1H3,(H,20,21)/t14-/m0/s1. The van der Waals surface area contributed by atoms with Gasteiger partial charge < -0.3 is 10.1 Å². The van der Waals surface area contributed by atoms with Crippen molar-refractivity contribution in [2.24, 2.45) is 0 Å². The van der Waals surface area contributed by atoms with Crippen LogP contribution in [0.4, 0.5) is 14.5 Å². The van der Waals surface area contributed by atoms with Gasteiger partial charge in [-0.05, 0) is 30.7 Å². The second-order valence-corrected chi connectivity index (χ2v) is 4.97. The average Bonchev–Trinajstić information content (AvgIpc) is 2.49. The van der Waals surface area contributed by atoms with Gasteiger partial charge in [0, 0.05) is 6.07 Å². The van der Waals surface area contributed by atoms with Crippen LogP contribution in [0.5, 0.6) is 5.75 Å². The molecule has 2 aromatic rings. The van der Waals surface area contributed by atoms with Crippen molar-refractivity contribution < 1.29 is 18.3 Å². The summed E-state index contributed by atoms with van der Waals surface area (Å²) < 4.78 is 32.0. The Kier molecular flexibility index (Phi) is 5.33. The number of carbonyl (C=O) groups is 1. The lowest BCUT2D eigenvalue weighted by Crippen LogP contribution is -2.32. The van der Waals surface area contributed by atoms with E-state index >= 15 is 0 Å². The molecule has 0 aliphatic heterocycles. The molecule has 0 spiro atoms. The first-order valence-electron chi connectivity index (χ1n) is 6.68. The molecular weight excluding hydrogens is 312 g/mol. The Hall–Kier alpha value is -2.14. The monoisotopic (exact) mass is 325 g/mol. The van der Waals surface area contributed by atoms with Crippen molar-refractivity contribution in [2.45, 2.75) is 19.4 Å². The number of ether oxygens (including phenoxy) is 1. The van der Waals surface area contributed by atoms with E-state index in [9.17, 15) is 13.6 Å². The van der Waals surface area contributed by atoms with Gasteiger partial charge in [0.05, 0.1) is 10.7 Å². The van der Waals surface area contributed by atoms with E-state index in [1.54, 1.807) is 31.2 Å². The lowest BCUT2D eigenvalue weighted by molar-refractivity contribution is -0.122. The van der Waals surface area contributed by atoms with E-state index in [4.69, 9.17) is 16.3 Å². The van der Waals surface area contributed by atoms with Crippen LogP contribution in [0, 0.1) is 11.6 Å². The van der Waals surface area contributed by atoms with Gasteiger partial charge in [-0.1, -0.05) is 30.7 Å². The number of anilines is 1. The Bertz CT molecular complexity index is 679. The van der Waals surface area contributed by atoms with Crippen LogP contribution in [0.2, 0.25) is 5.02 Å². The quantitative estimate of drug-likeness (QED) is 0.884. The number of hydrogen-bond donors (Lipinski definition) is 1. The highest BCUT2D eigenvalue weighted by molar-refractivity contribution is 6.32. The molecule has 3 nitrogen and oxygen atoms in total. The molecule has 22 heavy (non-hydrogen) atoms. The molecule has 0 aromatic heterocycles. The fourth-order valence-corrected chi connectivity index (χ4v) is 2.00. The summed E-state index contributed by atoms with van der Waals surface area (Å²) >= 11 is 5.97. The van der Waals surface area contributed by atoms with E-state index < -0.39 is 23.6 Å². The fourth-order valence-electron chi connectivity index (χ4n) is 1.82. The summed E-state index contributed by atoms with van der Waals surface area (Å²) in [5, 5.41) is 2.76. The number of para-hydroxylation sites is 1. The van der Waals surface area contributed by atoms with Crippen molar-refractivity contribution in [1.29, 1.82) is 0 Å². The SMILES string of the molecule is CC[C@H](Oc1ccccc1Cl)C(=O)Nc1ccc(F)cc1F. The summed E-state index contributed by atoms with van der Waals surface area (Å²) in [5.41, 5.74) is -0.104. The van der Waals surface area contributed by atoms with Crippen LogP contribution in [-0.2, 0) is 4.79 Å². The summed E-state index contributed by atoms with van der Waals surface area (Å²) in [4.78, 5) is 12.2. The van der Waals surface area contributed by atoms with Crippen LogP contribution >= 0.6 is 11.6 Å². The number of carbonyl (C=O) groups excluding carboxylic acids is 1. The van der Waals surface area contributed by atoms with Crippen molar-refractivity contribution in [3.8, 4) is 5.75 Å². The molecule has 0 fully saturated rings. The van der Waals surface area contributed by atoms with E-state index in [1.165, 1.54) is 0 Å². The van der Waals surface area contributed by atoms with Gasteiger partial charge in [-0.15, -0.1) is 0 Å². The number of nitrogens with one attached hydrogen (secondary N) is 1. The molecule has 2 rings (SSSR count). The molecule has 0 saturated carbocycles. The number of benzene rings is 2. The largest absolute Gasteiger partial charge is 0.479 e. The Morgan fingerprint density at radius 3 is 2.64 bits per heavy atom. The van der Waals surface area contributed by atoms with Gasteiger partial charge in [0.2, 0.25) is 0 Å². The number of halogens is 3. The van der Waals surface area contributed by atoms with Crippen LogP contribution in [0.3, 0.4) is 0 Å². The number of rotatable bonds is 5. The normalized spacial score (nSPS) is 11.8. The molecule has 0 heterocycles. The highest BCUT2D eigenvalue weighted by Gasteiger charge is 2.20. The average molecular weight is 326 g/mol. The van der Waals surface area contributed by atoms with Crippen molar-refractivity contribution in [3.63, 3.8) is 0 Å². The third-order valence-electron chi connectivity index (χ3n) is 2.96. The van der Waals surface area contributed by atoms with Crippen molar-refractivity contribution in [3.05, 3.63) is 59.1 Å². The molecule has 0 radical (unpaired) electrons. The van der Waals surface area contributed by atoms with Gasteiger partial charge in [-0.2, -0.15) is 0 Å². The third kappa shape index (κ3) is 3.95. The molecule has 1 atom stereocenters. The Morgan fingerprint density at radius 1 is 1.27 bits per heavy atom. The molecule has 0 unspecified atom stereocenters. The van der Waals surface area contributed by atoms with E-state index in [0.29, 0.717) is 23.3 Å². The van der Waals surface area contributed by atoms with Crippen LogP contribution in [-0.4, -0.2) is 12.0 Å². The maximum Gasteiger partial charge on any atom is 0.265 e. The molecule has 6 heteroatoms. The molecule has 0 saturated heterocycles. The van der Waals surface area contributed by atoms with Crippen LogP contribution in [0.25, 0.3) is 0 Å². The zero-order valence-corrected chi connectivity index (χ0v) is 12.5. The maximum absolute atomic E-state index is 13.6. The van der Waals surface area contributed by atoms with Crippen molar-refractivity contribution in [2.75, 3.05) is 5.32 Å². The number of amides is 1. The second kappa shape index (κ2) is 7.22. The molecule has 1 N–H and O–H groups in total. The van der Waals surface area contributed by atoms with Crippen LogP contribution < -0.4 is 10.1 Å². The smallest absolute Gasteiger partial charge is 0.265 e. The molecule has 0 aliphatic carbocycles. The predicted molar refractivity (Wildman–Crippen MR) is 81.1 cm³/mol. The summed E-state index contributed by atoms with van der Waals surface area (Å²) in [6.07, 6.45) is -0.482. The van der Waals surface area contributed by atoms with E-state index in [-0.39, 0.29) is 5.69 Å². The van der Waals surface area contributed by atoms with Crippen LogP contribution in [0.1, 0.15) is 13.3 Å². The predicted octanol–water partition coefficient (Wildman–Crippen LogP) is 4.41. The molecule has 0 bridgehead atoms. The molecule has 2 aromatic carbocycles. The highest BCUT2D eigenvalue weighted by atomic mass is 35.5. The van der Waals surface area contributed by atoms with Gasteiger partial charge in [0.25, 0.3) is 5.91 Å². The van der Waals surface area contributed by atoms with Crippen LogP contribution in [0.15, 0.2) is 42.5 Å². The van der Waals surface area contributed by atoms with Gasteiger partial charge >= 0.3 is 0 Å². The fraction of sp³-hybridized carbons (Fsp3) is 0.188. The maximum atomic E-state index is 13.6. The topological polar surface area (TPSA) is 38.3 Å². The Labute approximate surface area is 131 Å². The van der Waals surface area contributed by atoms with Gasteiger partial charge in [-0.25, -0.2) is 8.78 Å². The number of hydrogen-bond acceptors (Lipinski definition) is 2. The molecule has 0 aliphatic rings.